The second kappa shape index (κ2) is 7.05. The number of hydrogen-bond donors (Lipinski definition) is 1. The molecule has 0 aromatic rings. The van der Waals surface area contributed by atoms with E-state index in [4.69, 9.17) is 5.73 Å². The molecule has 1 saturated carbocycles. The van der Waals surface area contributed by atoms with E-state index >= 15 is 0 Å². The Morgan fingerprint density at radius 1 is 1.16 bits per heavy atom. The van der Waals surface area contributed by atoms with Gasteiger partial charge < -0.3 is 15.5 Å². The molecule has 0 amide bonds. The summed E-state index contributed by atoms with van der Waals surface area (Å²) in [6.45, 7) is 5.90. The van der Waals surface area contributed by atoms with E-state index in [1.54, 1.807) is 0 Å². The molecular weight excluding hydrogens is 234 g/mol. The molecule has 0 spiro atoms. The average Bonchev–Trinajstić information content (AvgIpc) is 2.59. The van der Waals surface area contributed by atoms with E-state index in [0.29, 0.717) is 12.1 Å². The number of rotatable bonds is 3. The van der Waals surface area contributed by atoms with Crippen LogP contribution in [0.1, 0.15) is 45.4 Å². The monoisotopic (exact) mass is 267 g/mol. The Kier molecular flexibility index (Phi) is 5.67. The standard InChI is InChI=1S/C16H33N3/c1-4-13-7-5-8-14(11-13)16(17)15-12-18(2)9-6-10-19(15)3/h13-16H,4-12,17H2,1-3H3. The van der Waals surface area contributed by atoms with Crippen molar-refractivity contribution in [3.63, 3.8) is 0 Å². The maximum absolute atomic E-state index is 6.69. The molecule has 112 valence electrons. The van der Waals surface area contributed by atoms with Gasteiger partial charge in [-0.3, -0.25) is 0 Å². The molecule has 0 aromatic carbocycles. The van der Waals surface area contributed by atoms with E-state index in [-0.39, 0.29) is 0 Å². The van der Waals surface area contributed by atoms with Crippen molar-refractivity contribution >= 4 is 0 Å². The quantitative estimate of drug-likeness (QED) is 0.850. The Balaban J connectivity index is 1.97. The van der Waals surface area contributed by atoms with Crippen LogP contribution < -0.4 is 5.73 Å². The molecule has 4 unspecified atom stereocenters. The predicted molar refractivity (Wildman–Crippen MR) is 82.2 cm³/mol. The van der Waals surface area contributed by atoms with Crippen molar-refractivity contribution in [2.24, 2.45) is 17.6 Å². The Bertz CT molecular complexity index is 269. The van der Waals surface area contributed by atoms with Crippen LogP contribution in [0.4, 0.5) is 0 Å². The first kappa shape index (κ1) is 15.3. The minimum atomic E-state index is 0.361. The summed E-state index contributed by atoms with van der Waals surface area (Å²) in [5, 5.41) is 0. The second-order valence-electron chi connectivity index (χ2n) is 6.94. The maximum atomic E-state index is 6.69. The Hall–Kier alpha value is -0.120. The summed E-state index contributed by atoms with van der Waals surface area (Å²) in [4.78, 5) is 4.98. The zero-order chi connectivity index (χ0) is 13.8. The second-order valence-corrected chi connectivity index (χ2v) is 6.94. The fourth-order valence-corrected chi connectivity index (χ4v) is 4.09. The van der Waals surface area contributed by atoms with Crippen LogP contribution in [0.15, 0.2) is 0 Å². The maximum Gasteiger partial charge on any atom is 0.0373 e. The molecule has 2 aliphatic rings. The van der Waals surface area contributed by atoms with Gasteiger partial charge in [-0.25, -0.2) is 0 Å². The lowest BCUT2D eigenvalue weighted by molar-refractivity contribution is 0.132. The van der Waals surface area contributed by atoms with Gasteiger partial charge in [0.05, 0.1) is 0 Å². The first-order chi connectivity index (χ1) is 9.11. The molecule has 3 heteroatoms. The van der Waals surface area contributed by atoms with Crippen molar-refractivity contribution in [1.29, 1.82) is 0 Å². The van der Waals surface area contributed by atoms with Gasteiger partial charge in [-0.2, -0.15) is 0 Å². The zero-order valence-electron chi connectivity index (χ0n) is 13.1. The summed E-state index contributed by atoms with van der Waals surface area (Å²) >= 11 is 0. The number of nitrogens with zero attached hydrogens (tertiary/aromatic N) is 2. The van der Waals surface area contributed by atoms with Gasteiger partial charge in [0.1, 0.15) is 0 Å². The van der Waals surface area contributed by atoms with Crippen molar-refractivity contribution in [3.05, 3.63) is 0 Å². The molecule has 19 heavy (non-hydrogen) atoms. The molecule has 2 rings (SSSR count). The van der Waals surface area contributed by atoms with Crippen molar-refractivity contribution in [1.82, 2.24) is 9.80 Å². The van der Waals surface area contributed by atoms with Gasteiger partial charge in [0, 0.05) is 18.6 Å². The highest BCUT2D eigenvalue weighted by atomic mass is 15.2. The predicted octanol–water partition coefficient (Wildman–Crippen LogP) is 2.17. The first-order valence-electron chi connectivity index (χ1n) is 8.26. The Morgan fingerprint density at radius 3 is 2.68 bits per heavy atom. The van der Waals surface area contributed by atoms with E-state index in [0.717, 1.165) is 18.4 Å². The Labute approximate surface area is 119 Å². The molecule has 0 radical (unpaired) electrons. The van der Waals surface area contributed by atoms with Crippen molar-refractivity contribution in [3.8, 4) is 0 Å². The molecule has 1 aliphatic heterocycles. The highest BCUT2D eigenvalue weighted by Gasteiger charge is 2.33. The van der Waals surface area contributed by atoms with Crippen LogP contribution in [-0.4, -0.2) is 55.6 Å². The molecule has 1 saturated heterocycles. The Morgan fingerprint density at radius 2 is 1.95 bits per heavy atom. The van der Waals surface area contributed by atoms with Crippen LogP contribution in [0, 0.1) is 11.8 Å². The minimum absolute atomic E-state index is 0.361. The fraction of sp³-hybridized carbons (Fsp3) is 1.00. The smallest absolute Gasteiger partial charge is 0.0373 e. The molecule has 1 aliphatic carbocycles. The van der Waals surface area contributed by atoms with E-state index in [9.17, 15) is 0 Å². The van der Waals surface area contributed by atoms with Crippen LogP contribution in [0.3, 0.4) is 0 Å². The van der Waals surface area contributed by atoms with Gasteiger partial charge in [0.15, 0.2) is 0 Å². The van der Waals surface area contributed by atoms with Gasteiger partial charge in [0.2, 0.25) is 0 Å². The summed E-state index contributed by atoms with van der Waals surface area (Å²) < 4.78 is 0. The SMILES string of the molecule is CCC1CCCC(C(N)C2CN(C)CCCN2C)C1. The third kappa shape index (κ3) is 3.93. The summed E-state index contributed by atoms with van der Waals surface area (Å²) in [7, 11) is 4.51. The summed E-state index contributed by atoms with van der Waals surface area (Å²) in [5.74, 6) is 1.68. The molecule has 0 bridgehead atoms. The van der Waals surface area contributed by atoms with Crippen molar-refractivity contribution in [2.75, 3.05) is 33.7 Å². The number of nitrogens with two attached hydrogens (primary N) is 1. The number of hydrogen-bond acceptors (Lipinski definition) is 3. The molecular formula is C16H33N3. The third-order valence-corrected chi connectivity index (χ3v) is 5.50. The van der Waals surface area contributed by atoms with E-state index in [1.165, 1.54) is 51.6 Å². The lowest BCUT2D eigenvalue weighted by Crippen LogP contribution is -2.54. The molecule has 0 aromatic heterocycles. The topological polar surface area (TPSA) is 32.5 Å². The average molecular weight is 267 g/mol. The van der Waals surface area contributed by atoms with E-state index in [1.807, 2.05) is 0 Å². The van der Waals surface area contributed by atoms with Gasteiger partial charge >= 0.3 is 0 Å². The normalized spacial score (nSPS) is 36.9. The van der Waals surface area contributed by atoms with Gasteiger partial charge in [0.25, 0.3) is 0 Å². The first-order valence-corrected chi connectivity index (χ1v) is 8.26. The largest absolute Gasteiger partial charge is 0.326 e. The highest BCUT2D eigenvalue weighted by molar-refractivity contribution is 4.91. The van der Waals surface area contributed by atoms with E-state index < -0.39 is 0 Å². The number of likely N-dealkylation sites (N-methyl/N-ethyl adjacent to an activating group) is 2. The minimum Gasteiger partial charge on any atom is -0.326 e. The van der Waals surface area contributed by atoms with Crippen LogP contribution >= 0.6 is 0 Å². The lowest BCUT2D eigenvalue weighted by atomic mass is 9.75. The van der Waals surface area contributed by atoms with Gasteiger partial charge in [-0.05, 0) is 58.3 Å². The van der Waals surface area contributed by atoms with Crippen molar-refractivity contribution in [2.45, 2.75) is 57.5 Å². The zero-order valence-corrected chi connectivity index (χ0v) is 13.1. The summed E-state index contributed by atoms with van der Waals surface area (Å²) in [6, 6.07) is 0.910. The molecule has 4 atom stereocenters. The molecule has 2 N–H and O–H groups in total. The van der Waals surface area contributed by atoms with Crippen LogP contribution in [0.2, 0.25) is 0 Å². The van der Waals surface area contributed by atoms with Crippen LogP contribution in [-0.2, 0) is 0 Å². The fourth-order valence-electron chi connectivity index (χ4n) is 4.09. The summed E-state index contributed by atoms with van der Waals surface area (Å²) in [5.41, 5.74) is 6.69. The van der Waals surface area contributed by atoms with Crippen LogP contribution in [0.25, 0.3) is 0 Å². The van der Waals surface area contributed by atoms with E-state index in [2.05, 4.69) is 30.8 Å². The van der Waals surface area contributed by atoms with Crippen LogP contribution in [0.5, 0.6) is 0 Å². The highest BCUT2D eigenvalue weighted by Crippen LogP contribution is 2.34. The molecule has 1 heterocycles. The van der Waals surface area contributed by atoms with Gasteiger partial charge in [-0.1, -0.05) is 26.2 Å². The van der Waals surface area contributed by atoms with Gasteiger partial charge in [-0.15, -0.1) is 0 Å². The molecule has 3 nitrogen and oxygen atoms in total. The lowest BCUT2D eigenvalue weighted by Gasteiger charge is -2.40. The summed E-state index contributed by atoms with van der Waals surface area (Å²) in [6.07, 6.45) is 8.16. The third-order valence-electron chi connectivity index (χ3n) is 5.50. The molecule has 2 fully saturated rings. The van der Waals surface area contributed by atoms with Crippen molar-refractivity contribution < 1.29 is 0 Å².